The Kier molecular flexibility index (Phi) is 5.78. The zero-order valence-electron chi connectivity index (χ0n) is 12.8. The highest BCUT2D eigenvalue weighted by molar-refractivity contribution is 6.34. The van der Waals surface area contributed by atoms with Gasteiger partial charge in [0.2, 0.25) is 0 Å². The number of hydrogen-bond acceptors (Lipinski definition) is 3. The number of methoxy groups -OCH3 is 1. The molecule has 118 valence electrons. The van der Waals surface area contributed by atoms with Crippen molar-refractivity contribution in [1.29, 1.82) is 0 Å². The van der Waals surface area contributed by atoms with Crippen LogP contribution in [0.15, 0.2) is 12.1 Å². The molecule has 0 saturated carbocycles. The molecule has 3 nitrogen and oxygen atoms in total. The maximum Gasteiger partial charge on any atom is 0.138 e. The lowest BCUT2D eigenvalue weighted by atomic mass is 9.87. The van der Waals surface area contributed by atoms with E-state index in [4.69, 9.17) is 32.7 Å². The standard InChI is InChI=1S/C16H23Cl2NO2/c1-4-7-19-15(16(2)6-5-8-21-16)11-9-13(18)14(20-3)10-12(11)17/h9-10,15,19H,4-8H2,1-3H3. The van der Waals surface area contributed by atoms with Crippen molar-refractivity contribution in [3.05, 3.63) is 27.7 Å². The number of hydrogen-bond donors (Lipinski definition) is 1. The fourth-order valence-electron chi connectivity index (χ4n) is 2.89. The summed E-state index contributed by atoms with van der Waals surface area (Å²) < 4.78 is 11.2. The molecular weight excluding hydrogens is 309 g/mol. The highest BCUT2D eigenvalue weighted by atomic mass is 35.5. The summed E-state index contributed by atoms with van der Waals surface area (Å²) in [5.41, 5.74) is 0.719. The van der Waals surface area contributed by atoms with E-state index in [-0.39, 0.29) is 11.6 Å². The summed E-state index contributed by atoms with van der Waals surface area (Å²) in [6.45, 7) is 5.98. The van der Waals surface area contributed by atoms with Gasteiger partial charge in [0.1, 0.15) is 5.75 Å². The van der Waals surface area contributed by atoms with E-state index in [1.807, 2.05) is 6.07 Å². The summed E-state index contributed by atoms with van der Waals surface area (Å²) in [6, 6.07) is 3.69. The van der Waals surface area contributed by atoms with Crippen molar-refractivity contribution < 1.29 is 9.47 Å². The van der Waals surface area contributed by atoms with Crippen LogP contribution in [0.3, 0.4) is 0 Å². The van der Waals surface area contributed by atoms with Crippen LogP contribution in [0, 0.1) is 0 Å². The topological polar surface area (TPSA) is 30.5 Å². The van der Waals surface area contributed by atoms with Crippen molar-refractivity contribution in [3.8, 4) is 5.75 Å². The molecule has 2 unspecified atom stereocenters. The molecule has 5 heteroatoms. The highest BCUT2D eigenvalue weighted by Crippen LogP contribution is 2.42. The minimum Gasteiger partial charge on any atom is -0.495 e. The third-order valence-corrected chi connectivity index (χ3v) is 4.66. The summed E-state index contributed by atoms with van der Waals surface area (Å²) in [7, 11) is 1.59. The first-order valence-electron chi connectivity index (χ1n) is 7.42. The third-order valence-electron chi connectivity index (χ3n) is 4.04. The van der Waals surface area contributed by atoms with Crippen LogP contribution in [0.4, 0.5) is 0 Å². The molecule has 1 aromatic carbocycles. The Morgan fingerprint density at radius 2 is 2.14 bits per heavy atom. The van der Waals surface area contributed by atoms with E-state index in [9.17, 15) is 0 Å². The molecule has 1 N–H and O–H groups in total. The number of ether oxygens (including phenoxy) is 2. The summed E-state index contributed by atoms with van der Waals surface area (Å²) in [5.74, 6) is 0.595. The quantitative estimate of drug-likeness (QED) is 0.825. The number of rotatable bonds is 6. The molecule has 2 rings (SSSR count). The molecule has 1 heterocycles. The van der Waals surface area contributed by atoms with Gasteiger partial charge in [0.05, 0.1) is 23.8 Å². The molecule has 1 fully saturated rings. The molecular formula is C16H23Cl2NO2. The van der Waals surface area contributed by atoms with Crippen LogP contribution in [0.25, 0.3) is 0 Å². The highest BCUT2D eigenvalue weighted by Gasteiger charge is 2.40. The second-order valence-electron chi connectivity index (χ2n) is 5.66. The van der Waals surface area contributed by atoms with Gasteiger partial charge in [0.25, 0.3) is 0 Å². The third kappa shape index (κ3) is 3.65. The van der Waals surface area contributed by atoms with E-state index in [1.165, 1.54) is 0 Å². The zero-order valence-corrected chi connectivity index (χ0v) is 14.4. The minimum absolute atomic E-state index is 0.0239. The first-order chi connectivity index (χ1) is 10.0. The SMILES string of the molecule is CCCNC(c1cc(Cl)c(OC)cc1Cl)C1(C)CCCO1. The fraction of sp³-hybridized carbons (Fsp3) is 0.625. The van der Waals surface area contributed by atoms with Gasteiger partial charge in [-0.25, -0.2) is 0 Å². The number of halogens is 2. The molecule has 0 bridgehead atoms. The molecule has 0 aromatic heterocycles. The second kappa shape index (κ2) is 7.19. The van der Waals surface area contributed by atoms with Crippen molar-refractivity contribution in [1.82, 2.24) is 5.32 Å². The Bertz CT molecular complexity index is 487. The summed E-state index contributed by atoms with van der Waals surface area (Å²) in [6.07, 6.45) is 3.13. The number of benzene rings is 1. The van der Waals surface area contributed by atoms with E-state index in [2.05, 4.69) is 19.2 Å². The maximum absolute atomic E-state index is 6.46. The largest absolute Gasteiger partial charge is 0.495 e. The van der Waals surface area contributed by atoms with E-state index in [0.717, 1.165) is 38.0 Å². The van der Waals surface area contributed by atoms with Gasteiger partial charge in [-0.15, -0.1) is 0 Å². The Balaban J connectivity index is 2.38. The van der Waals surface area contributed by atoms with Crippen LogP contribution in [0.1, 0.15) is 44.7 Å². The van der Waals surface area contributed by atoms with Gasteiger partial charge < -0.3 is 14.8 Å². The van der Waals surface area contributed by atoms with Crippen molar-refractivity contribution in [2.75, 3.05) is 20.3 Å². The molecule has 2 atom stereocenters. The van der Waals surface area contributed by atoms with Crippen molar-refractivity contribution in [3.63, 3.8) is 0 Å². The van der Waals surface area contributed by atoms with Crippen molar-refractivity contribution in [2.24, 2.45) is 0 Å². The summed E-state index contributed by atoms with van der Waals surface area (Å²) >= 11 is 12.7. The van der Waals surface area contributed by atoms with Crippen LogP contribution in [-0.4, -0.2) is 25.9 Å². The predicted molar refractivity (Wildman–Crippen MR) is 87.6 cm³/mol. The normalized spacial score (nSPS) is 23.3. The van der Waals surface area contributed by atoms with Crippen molar-refractivity contribution in [2.45, 2.75) is 44.8 Å². The summed E-state index contributed by atoms with van der Waals surface area (Å²) in [4.78, 5) is 0. The Morgan fingerprint density at radius 1 is 1.38 bits per heavy atom. The smallest absolute Gasteiger partial charge is 0.138 e. The van der Waals surface area contributed by atoms with E-state index < -0.39 is 0 Å². The van der Waals surface area contributed by atoms with E-state index in [1.54, 1.807) is 13.2 Å². The minimum atomic E-state index is -0.253. The van der Waals surface area contributed by atoms with E-state index in [0.29, 0.717) is 15.8 Å². The molecule has 1 aromatic rings. The maximum atomic E-state index is 6.46. The van der Waals surface area contributed by atoms with Gasteiger partial charge in [0, 0.05) is 17.7 Å². The Morgan fingerprint density at radius 3 is 2.71 bits per heavy atom. The molecule has 1 aliphatic heterocycles. The van der Waals surface area contributed by atoms with Gasteiger partial charge in [-0.2, -0.15) is 0 Å². The second-order valence-corrected chi connectivity index (χ2v) is 6.47. The molecule has 0 spiro atoms. The van der Waals surface area contributed by atoms with Gasteiger partial charge in [-0.3, -0.25) is 0 Å². The van der Waals surface area contributed by atoms with Gasteiger partial charge in [-0.05, 0) is 44.4 Å². The molecule has 0 radical (unpaired) electrons. The average Bonchev–Trinajstić information content (AvgIpc) is 2.90. The summed E-state index contributed by atoms with van der Waals surface area (Å²) in [5, 5.41) is 4.79. The first-order valence-corrected chi connectivity index (χ1v) is 8.17. The van der Waals surface area contributed by atoms with Gasteiger partial charge >= 0.3 is 0 Å². The molecule has 21 heavy (non-hydrogen) atoms. The van der Waals surface area contributed by atoms with Gasteiger partial charge in [-0.1, -0.05) is 30.1 Å². The van der Waals surface area contributed by atoms with Crippen molar-refractivity contribution >= 4 is 23.2 Å². The monoisotopic (exact) mass is 331 g/mol. The molecule has 1 aliphatic rings. The van der Waals surface area contributed by atoms with Crippen LogP contribution in [0.2, 0.25) is 10.0 Å². The van der Waals surface area contributed by atoms with E-state index >= 15 is 0 Å². The molecule has 0 amide bonds. The fourth-order valence-corrected chi connectivity index (χ4v) is 3.41. The molecule has 0 aliphatic carbocycles. The lowest BCUT2D eigenvalue weighted by Gasteiger charge is -2.35. The first kappa shape index (κ1) is 16.9. The lowest BCUT2D eigenvalue weighted by molar-refractivity contribution is -0.0124. The average molecular weight is 332 g/mol. The zero-order chi connectivity index (χ0) is 15.5. The van der Waals surface area contributed by atoms with Crippen LogP contribution in [0.5, 0.6) is 5.75 Å². The number of nitrogens with one attached hydrogen (secondary N) is 1. The van der Waals surface area contributed by atoms with Crippen LogP contribution < -0.4 is 10.1 Å². The Hall–Kier alpha value is -0.480. The van der Waals surface area contributed by atoms with Crippen LogP contribution in [-0.2, 0) is 4.74 Å². The predicted octanol–water partition coefficient (Wildman–Crippen LogP) is 4.61. The van der Waals surface area contributed by atoms with Gasteiger partial charge in [0.15, 0.2) is 0 Å². The molecule has 1 saturated heterocycles. The Labute approximate surface area is 136 Å². The van der Waals surface area contributed by atoms with Crippen LogP contribution >= 0.6 is 23.2 Å². The lowest BCUT2D eigenvalue weighted by Crippen LogP contribution is -2.41.